The van der Waals surface area contributed by atoms with E-state index in [1.807, 2.05) is 13.8 Å². The molecule has 1 aromatic rings. The van der Waals surface area contributed by atoms with Crippen LogP contribution in [0.2, 0.25) is 0 Å². The lowest BCUT2D eigenvalue weighted by atomic mass is 9.91. The van der Waals surface area contributed by atoms with Gasteiger partial charge >= 0.3 is 6.18 Å². The summed E-state index contributed by atoms with van der Waals surface area (Å²) in [6.07, 6.45) is -3.91. The van der Waals surface area contributed by atoms with Crippen molar-refractivity contribution in [1.82, 2.24) is 5.32 Å². The summed E-state index contributed by atoms with van der Waals surface area (Å²) in [7, 11) is 1.62. The van der Waals surface area contributed by atoms with E-state index in [1.165, 1.54) is 12.1 Å². The molecule has 1 nitrogen and oxygen atoms in total. The number of nitrogens with one attached hydrogen (secondary N) is 1. The van der Waals surface area contributed by atoms with Gasteiger partial charge < -0.3 is 5.32 Å². The number of halogens is 4. The Morgan fingerprint density at radius 2 is 1.89 bits per heavy atom. The molecule has 0 fully saturated rings. The van der Waals surface area contributed by atoms with Crippen LogP contribution in [-0.4, -0.2) is 7.05 Å². The highest BCUT2D eigenvalue weighted by Gasteiger charge is 2.36. The molecule has 0 saturated heterocycles. The zero-order valence-corrected chi connectivity index (χ0v) is 10.6. The minimum absolute atomic E-state index is 0.0491. The van der Waals surface area contributed by atoms with E-state index in [0.717, 1.165) is 12.5 Å². The van der Waals surface area contributed by atoms with Gasteiger partial charge in [-0.25, -0.2) is 4.39 Å². The Hall–Kier alpha value is -1.10. The number of benzene rings is 1. The van der Waals surface area contributed by atoms with Gasteiger partial charge in [-0.2, -0.15) is 13.2 Å². The van der Waals surface area contributed by atoms with Crippen LogP contribution in [0, 0.1) is 11.7 Å². The lowest BCUT2D eigenvalue weighted by Crippen LogP contribution is -2.25. The van der Waals surface area contributed by atoms with Gasteiger partial charge in [0, 0.05) is 11.6 Å². The molecular weight excluding hydrogens is 246 g/mol. The first kappa shape index (κ1) is 15.0. The molecular formula is C13H17F4N. The normalized spacial score (nSPS) is 15.5. The third-order valence-corrected chi connectivity index (χ3v) is 3.19. The Balaban J connectivity index is 3.25. The van der Waals surface area contributed by atoms with Crippen molar-refractivity contribution in [2.24, 2.45) is 5.92 Å². The molecule has 1 aromatic carbocycles. The van der Waals surface area contributed by atoms with Gasteiger partial charge in [0.2, 0.25) is 0 Å². The topological polar surface area (TPSA) is 12.0 Å². The van der Waals surface area contributed by atoms with E-state index < -0.39 is 23.6 Å². The summed E-state index contributed by atoms with van der Waals surface area (Å²) < 4.78 is 51.8. The Labute approximate surface area is 104 Å². The molecule has 1 rings (SSSR count). The maximum Gasteiger partial charge on any atom is 0.419 e. The Bertz CT molecular complexity index is 400. The van der Waals surface area contributed by atoms with Crippen LogP contribution in [-0.2, 0) is 6.18 Å². The largest absolute Gasteiger partial charge is 0.419 e. The maximum atomic E-state index is 13.9. The molecule has 0 bridgehead atoms. The summed E-state index contributed by atoms with van der Waals surface area (Å²) in [5.41, 5.74) is -1.13. The molecule has 102 valence electrons. The number of alkyl halides is 3. The highest BCUT2D eigenvalue weighted by Crippen LogP contribution is 2.35. The van der Waals surface area contributed by atoms with Gasteiger partial charge in [-0.15, -0.1) is 0 Å². The van der Waals surface area contributed by atoms with Crippen molar-refractivity contribution in [3.8, 4) is 0 Å². The monoisotopic (exact) mass is 263 g/mol. The first-order valence-corrected chi connectivity index (χ1v) is 5.85. The van der Waals surface area contributed by atoms with Crippen molar-refractivity contribution < 1.29 is 17.6 Å². The molecule has 0 aliphatic carbocycles. The summed E-state index contributed by atoms with van der Waals surface area (Å²) >= 11 is 0. The maximum absolute atomic E-state index is 13.9. The van der Waals surface area contributed by atoms with Gasteiger partial charge in [0.15, 0.2) is 0 Å². The molecule has 1 N–H and O–H groups in total. The van der Waals surface area contributed by atoms with Crippen LogP contribution in [0.3, 0.4) is 0 Å². The second-order valence-electron chi connectivity index (χ2n) is 4.36. The minimum atomic E-state index is -4.66. The van der Waals surface area contributed by atoms with Crippen LogP contribution in [0.25, 0.3) is 0 Å². The molecule has 18 heavy (non-hydrogen) atoms. The van der Waals surface area contributed by atoms with E-state index >= 15 is 0 Å². The van der Waals surface area contributed by atoms with E-state index in [-0.39, 0.29) is 11.5 Å². The van der Waals surface area contributed by atoms with Gasteiger partial charge in [0.05, 0.1) is 5.56 Å². The average Bonchev–Trinajstić information content (AvgIpc) is 2.30. The predicted molar refractivity (Wildman–Crippen MR) is 62.7 cm³/mol. The van der Waals surface area contributed by atoms with Crippen molar-refractivity contribution in [1.29, 1.82) is 0 Å². The lowest BCUT2D eigenvalue weighted by molar-refractivity contribution is -0.140. The Morgan fingerprint density at radius 1 is 1.28 bits per heavy atom. The third-order valence-electron chi connectivity index (χ3n) is 3.19. The van der Waals surface area contributed by atoms with Crippen LogP contribution in [0.4, 0.5) is 17.6 Å². The fraction of sp³-hybridized carbons (Fsp3) is 0.538. The van der Waals surface area contributed by atoms with Crippen LogP contribution in [0.15, 0.2) is 18.2 Å². The molecule has 2 atom stereocenters. The molecule has 0 amide bonds. The molecule has 0 spiro atoms. The molecule has 2 unspecified atom stereocenters. The molecule has 0 heterocycles. The fourth-order valence-electron chi connectivity index (χ4n) is 1.99. The zero-order chi connectivity index (χ0) is 13.9. The minimum Gasteiger partial charge on any atom is -0.313 e. The van der Waals surface area contributed by atoms with Crippen molar-refractivity contribution in [3.63, 3.8) is 0 Å². The molecule has 0 aromatic heterocycles. The van der Waals surface area contributed by atoms with Gasteiger partial charge in [0.25, 0.3) is 0 Å². The summed E-state index contributed by atoms with van der Waals surface area (Å²) in [5.74, 6) is -1.13. The van der Waals surface area contributed by atoms with Crippen LogP contribution >= 0.6 is 0 Å². The highest BCUT2D eigenvalue weighted by molar-refractivity contribution is 5.30. The summed E-state index contributed by atoms with van der Waals surface area (Å²) in [6.45, 7) is 3.79. The van der Waals surface area contributed by atoms with Crippen LogP contribution in [0.5, 0.6) is 0 Å². The first-order chi connectivity index (χ1) is 8.32. The van der Waals surface area contributed by atoms with Gasteiger partial charge in [0.1, 0.15) is 5.82 Å². The van der Waals surface area contributed by atoms with Gasteiger partial charge in [-0.3, -0.25) is 0 Å². The highest BCUT2D eigenvalue weighted by atomic mass is 19.4. The molecule has 0 radical (unpaired) electrons. The average molecular weight is 263 g/mol. The van der Waals surface area contributed by atoms with E-state index in [9.17, 15) is 17.6 Å². The Morgan fingerprint density at radius 3 is 2.33 bits per heavy atom. The molecule has 0 saturated carbocycles. The third kappa shape index (κ3) is 3.02. The quantitative estimate of drug-likeness (QED) is 0.805. The second-order valence-corrected chi connectivity index (χ2v) is 4.36. The number of hydrogen-bond acceptors (Lipinski definition) is 1. The van der Waals surface area contributed by atoms with Crippen LogP contribution in [0.1, 0.15) is 37.4 Å². The zero-order valence-electron chi connectivity index (χ0n) is 10.6. The molecule has 0 aliphatic heterocycles. The van der Waals surface area contributed by atoms with Crippen molar-refractivity contribution in [2.75, 3.05) is 7.05 Å². The van der Waals surface area contributed by atoms with E-state index in [4.69, 9.17) is 0 Å². The van der Waals surface area contributed by atoms with E-state index in [2.05, 4.69) is 5.32 Å². The fourth-order valence-corrected chi connectivity index (χ4v) is 1.99. The predicted octanol–water partition coefficient (Wildman–Crippen LogP) is 4.15. The van der Waals surface area contributed by atoms with E-state index in [1.54, 1.807) is 7.05 Å². The van der Waals surface area contributed by atoms with Crippen molar-refractivity contribution in [2.45, 2.75) is 32.5 Å². The van der Waals surface area contributed by atoms with Gasteiger partial charge in [-0.1, -0.05) is 32.4 Å². The SMILES string of the molecule is CCC(C)C(NC)c1cccc(C(F)(F)F)c1F. The van der Waals surface area contributed by atoms with Crippen molar-refractivity contribution >= 4 is 0 Å². The summed E-state index contributed by atoms with van der Waals surface area (Å²) in [6, 6.07) is 2.99. The number of hydrogen-bond donors (Lipinski definition) is 1. The standard InChI is InChI=1S/C13H17F4N/c1-4-8(2)12(18-3)9-6-5-7-10(11(9)14)13(15,16)17/h5-8,12,18H,4H2,1-3H3. The van der Waals surface area contributed by atoms with Crippen LogP contribution < -0.4 is 5.32 Å². The lowest BCUT2D eigenvalue weighted by Gasteiger charge is -2.24. The smallest absolute Gasteiger partial charge is 0.313 e. The summed E-state index contributed by atoms with van der Waals surface area (Å²) in [4.78, 5) is 0. The van der Waals surface area contributed by atoms with E-state index in [0.29, 0.717) is 0 Å². The van der Waals surface area contributed by atoms with Gasteiger partial charge in [-0.05, 0) is 19.0 Å². The summed E-state index contributed by atoms with van der Waals surface area (Å²) in [5, 5.41) is 2.88. The second kappa shape index (κ2) is 5.69. The first-order valence-electron chi connectivity index (χ1n) is 5.85. The molecule has 0 aliphatic rings. The molecule has 5 heteroatoms. The van der Waals surface area contributed by atoms with Crippen molar-refractivity contribution in [3.05, 3.63) is 35.1 Å². The Kier molecular flexibility index (Phi) is 4.73. The number of rotatable bonds is 4.